The van der Waals surface area contributed by atoms with E-state index in [9.17, 15) is 13.2 Å². The fourth-order valence-corrected chi connectivity index (χ4v) is 2.83. The van der Waals surface area contributed by atoms with Crippen LogP contribution in [-0.4, -0.2) is 39.2 Å². The molecule has 8 heteroatoms. The molecule has 1 rings (SSSR count). The van der Waals surface area contributed by atoms with Crippen LogP contribution in [0.15, 0.2) is 5.38 Å². The lowest BCUT2D eigenvalue weighted by atomic mass is 9.92. The molecular weight excluding hydrogens is 298 g/mol. The smallest absolute Gasteiger partial charge is 0.270 e. The summed E-state index contributed by atoms with van der Waals surface area (Å²) in [5.74, 6) is -0.279. The zero-order chi connectivity index (χ0) is 15.6. The van der Waals surface area contributed by atoms with Crippen LogP contribution in [0.2, 0.25) is 0 Å². The van der Waals surface area contributed by atoms with Crippen molar-refractivity contribution < 1.29 is 13.2 Å². The molecule has 20 heavy (non-hydrogen) atoms. The minimum atomic E-state index is -3.36. The molecule has 0 unspecified atom stereocenters. The van der Waals surface area contributed by atoms with Gasteiger partial charge in [-0.2, -0.15) is 0 Å². The van der Waals surface area contributed by atoms with Crippen LogP contribution in [0.5, 0.6) is 0 Å². The van der Waals surface area contributed by atoms with E-state index in [1.807, 2.05) is 0 Å². The number of amides is 1. The largest absolute Gasteiger partial charge is 0.351 e. The number of aromatic nitrogens is 1. The second kappa shape index (κ2) is 6.09. The van der Waals surface area contributed by atoms with Crippen LogP contribution >= 0.6 is 11.3 Å². The van der Waals surface area contributed by atoms with E-state index in [1.54, 1.807) is 5.38 Å². The normalized spacial score (nSPS) is 12.2. The van der Waals surface area contributed by atoms with E-state index in [1.165, 1.54) is 7.05 Å². The Hall–Kier alpha value is -1.15. The van der Waals surface area contributed by atoms with Crippen molar-refractivity contribution in [1.82, 2.24) is 10.3 Å². The van der Waals surface area contributed by atoms with E-state index in [4.69, 9.17) is 0 Å². The fourth-order valence-electron chi connectivity index (χ4n) is 1.30. The Balaban J connectivity index is 2.66. The molecule has 0 aromatic carbocycles. The highest BCUT2D eigenvalue weighted by Crippen LogP contribution is 2.21. The number of thiazole rings is 1. The number of carbonyl (C=O) groups excluding carboxylic acids is 1. The molecule has 114 valence electrons. The van der Waals surface area contributed by atoms with Gasteiger partial charge in [0.25, 0.3) is 5.91 Å². The summed E-state index contributed by atoms with van der Waals surface area (Å²) in [4.78, 5) is 15.9. The van der Waals surface area contributed by atoms with Crippen molar-refractivity contribution in [1.29, 1.82) is 0 Å². The summed E-state index contributed by atoms with van der Waals surface area (Å²) in [6, 6.07) is 0. The highest BCUT2D eigenvalue weighted by atomic mass is 32.2. The maximum Gasteiger partial charge on any atom is 0.270 e. The molecule has 6 nitrogen and oxygen atoms in total. The quantitative estimate of drug-likeness (QED) is 0.896. The van der Waals surface area contributed by atoms with Gasteiger partial charge in [0.15, 0.2) is 5.13 Å². The lowest BCUT2D eigenvalue weighted by Crippen LogP contribution is -2.28. The molecule has 1 aromatic rings. The van der Waals surface area contributed by atoms with E-state index in [0.29, 0.717) is 6.54 Å². The van der Waals surface area contributed by atoms with Crippen LogP contribution in [0.25, 0.3) is 0 Å². The molecule has 0 spiro atoms. The number of hydrogen-bond donors (Lipinski definition) is 1. The van der Waals surface area contributed by atoms with Crippen LogP contribution < -0.4 is 9.62 Å². The van der Waals surface area contributed by atoms with Gasteiger partial charge in [-0.25, -0.2) is 17.7 Å². The van der Waals surface area contributed by atoms with Gasteiger partial charge < -0.3 is 5.32 Å². The van der Waals surface area contributed by atoms with E-state index in [2.05, 4.69) is 31.1 Å². The van der Waals surface area contributed by atoms with Gasteiger partial charge in [-0.3, -0.25) is 4.79 Å². The van der Waals surface area contributed by atoms with Crippen molar-refractivity contribution >= 4 is 32.4 Å². The third-order valence-corrected chi connectivity index (χ3v) is 4.85. The van der Waals surface area contributed by atoms with Gasteiger partial charge in [0, 0.05) is 19.0 Å². The molecule has 0 bridgehead atoms. The summed E-state index contributed by atoms with van der Waals surface area (Å²) >= 11 is 1.13. The Bertz CT molecular complexity index is 573. The number of anilines is 1. The molecule has 1 amide bonds. The van der Waals surface area contributed by atoms with Crippen molar-refractivity contribution in [2.45, 2.75) is 27.2 Å². The van der Waals surface area contributed by atoms with Gasteiger partial charge in [-0.05, 0) is 11.8 Å². The molecule has 0 fully saturated rings. The summed E-state index contributed by atoms with van der Waals surface area (Å²) in [5.41, 5.74) is 0.395. The number of nitrogens with one attached hydrogen (secondary N) is 1. The number of sulfonamides is 1. The van der Waals surface area contributed by atoms with Gasteiger partial charge in [0.2, 0.25) is 10.0 Å². The molecule has 1 heterocycles. The molecule has 0 saturated carbocycles. The van der Waals surface area contributed by atoms with Crippen LogP contribution in [0.4, 0.5) is 5.13 Å². The van der Waals surface area contributed by atoms with Crippen LogP contribution in [0.1, 0.15) is 37.7 Å². The minimum absolute atomic E-state index is 0.150. The van der Waals surface area contributed by atoms with E-state index in [0.717, 1.165) is 28.3 Å². The predicted molar refractivity (Wildman–Crippen MR) is 81.8 cm³/mol. The summed E-state index contributed by atoms with van der Waals surface area (Å²) in [6.45, 7) is 6.86. The molecule has 0 aliphatic rings. The number of hydrogen-bond acceptors (Lipinski definition) is 5. The van der Waals surface area contributed by atoms with Crippen LogP contribution in [-0.2, 0) is 10.0 Å². The van der Waals surface area contributed by atoms with Gasteiger partial charge in [0.05, 0.1) is 6.26 Å². The van der Waals surface area contributed by atoms with Crippen molar-refractivity contribution in [3.8, 4) is 0 Å². The second-order valence-corrected chi connectivity index (χ2v) is 8.66. The maximum absolute atomic E-state index is 11.9. The predicted octanol–water partition coefficient (Wildman–Crippen LogP) is 1.70. The lowest BCUT2D eigenvalue weighted by Gasteiger charge is -2.17. The summed E-state index contributed by atoms with van der Waals surface area (Å²) in [5, 5.41) is 4.63. The summed E-state index contributed by atoms with van der Waals surface area (Å²) in [6.07, 6.45) is 1.95. The number of carbonyl (C=O) groups is 1. The number of rotatable bonds is 5. The Labute approximate surface area is 124 Å². The van der Waals surface area contributed by atoms with Crippen LogP contribution in [0.3, 0.4) is 0 Å². The highest BCUT2D eigenvalue weighted by Gasteiger charge is 2.18. The summed E-state index contributed by atoms with van der Waals surface area (Å²) < 4.78 is 23.8. The van der Waals surface area contributed by atoms with Crippen molar-refractivity contribution in [3.05, 3.63) is 11.1 Å². The van der Waals surface area contributed by atoms with Crippen molar-refractivity contribution in [2.24, 2.45) is 5.41 Å². The number of nitrogens with zero attached hydrogens (tertiary/aromatic N) is 2. The van der Waals surface area contributed by atoms with Gasteiger partial charge >= 0.3 is 0 Å². The maximum atomic E-state index is 11.9. The first-order chi connectivity index (χ1) is 9.00. The Morgan fingerprint density at radius 3 is 2.55 bits per heavy atom. The minimum Gasteiger partial charge on any atom is -0.351 e. The first kappa shape index (κ1) is 16.9. The molecule has 0 aliphatic heterocycles. The first-order valence-electron chi connectivity index (χ1n) is 6.18. The first-order valence-corrected chi connectivity index (χ1v) is 8.91. The van der Waals surface area contributed by atoms with E-state index >= 15 is 0 Å². The van der Waals surface area contributed by atoms with Crippen molar-refractivity contribution in [3.63, 3.8) is 0 Å². The third kappa shape index (κ3) is 5.09. The monoisotopic (exact) mass is 319 g/mol. The molecule has 0 radical (unpaired) electrons. The Morgan fingerprint density at radius 2 is 2.05 bits per heavy atom. The van der Waals surface area contributed by atoms with Gasteiger partial charge in [-0.15, -0.1) is 11.3 Å². The molecule has 0 aliphatic carbocycles. The standard InChI is InChI=1S/C12H21N3O3S2/c1-12(2,3)6-7-13-10(16)9-8-19-11(14-9)15(4)20(5,17)18/h8H,6-7H2,1-5H3,(H,13,16). The average Bonchev–Trinajstić information content (AvgIpc) is 2.73. The second-order valence-electron chi connectivity index (χ2n) is 5.81. The molecule has 1 N–H and O–H groups in total. The molecule has 0 saturated heterocycles. The SMILES string of the molecule is CN(c1nc(C(=O)NCCC(C)(C)C)cs1)S(C)(=O)=O. The molecule has 1 aromatic heterocycles. The molecular formula is C12H21N3O3S2. The average molecular weight is 319 g/mol. The Morgan fingerprint density at radius 1 is 1.45 bits per heavy atom. The summed E-state index contributed by atoms with van der Waals surface area (Å²) in [7, 11) is -1.94. The molecule has 0 atom stereocenters. The Kier molecular flexibility index (Phi) is 5.15. The van der Waals surface area contributed by atoms with Gasteiger partial charge in [-0.1, -0.05) is 20.8 Å². The fraction of sp³-hybridized carbons (Fsp3) is 0.667. The van der Waals surface area contributed by atoms with E-state index < -0.39 is 10.0 Å². The zero-order valence-electron chi connectivity index (χ0n) is 12.4. The highest BCUT2D eigenvalue weighted by molar-refractivity contribution is 7.92. The van der Waals surface area contributed by atoms with Crippen LogP contribution in [0, 0.1) is 5.41 Å². The van der Waals surface area contributed by atoms with E-state index in [-0.39, 0.29) is 22.1 Å². The lowest BCUT2D eigenvalue weighted by molar-refractivity contribution is 0.0945. The topological polar surface area (TPSA) is 79.4 Å². The zero-order valence-corrected chi connectivity index (χ0v) is 14.1. The van der Waals surface area contributed by atoms with Gasteiger partial charge in [0.1, 0.15) is 5.69 Å². The van der Waals surface area contributed by atoms with Crippen molar-refractivity contribution in [2.75, 3.05) is 24.2 Å². The third-order valence-electron chi connectivity index (χ3n) is 2.65.